The Hall–Kier alpha value is -3.55. The second-order valence-electron chi connectivity index (χ2n) is 13.3. The molecule has 0 saturated heterocycles. The molecule has 3 aromatic carbocycles. The number of benzene rings is 3. The number of ether oxygens (including phenoxy) is 2. The molecule has 248 valence electrons. The van der Waals surface area contributed by atoms with E-state index >= 15 is 9.18 Å². The van der Waals surface area contributed by atoms with Gasteiger partial charge in [0, 0.05) is 39.8 Å². The molecule has 0 aromatic heterocycles. The second kappa shape index (κ2) is 12.8. The molecule has 0 amide bonds. The predicted molar refractivity (Wildman–Crippen MR) is 179 cm³/mol. The van der Waals surface area contributed by atoms with Gasteiger partial charge in [0.15, 0.2) is 11.4 Å². The lowest BCUT2D eigenvalue weighted by Crippen LogP contribution is -2.60. The highest BCUT2D eigenvalue weighted by molar-refractivity contribution is 6.31. The van der Waals surface area contributed by atoms with E-state index in [2.05, 4.69) is 0 Å². The van der Waals surface area contributed by atoms with Crippen molar-refractivity contribution in [3.05, 3.63) is 98.3 Å². The van der Waals surface area contributed by atoms with E-state index < -0.39 is 52.4 Å². The maximum atomic E-state index is 15.6. The monoisotopic (exact) mass is 680 g/mol. The number of rotatable bonds is 7. The first-order valence-corrected chi connectivity index (χ1v) is 16.6. The van der Waals surface area contributed by atoms with Crippen molar-refractivity contribution in [1.82, 2.24) is 0 Å². The Morgan fingerprint density at radius 2 is 1.62 bits per heavy atom. The summed E-state index contributed by atoms with van der Waals surface area (Å²) in [6, 6.07) is 14.6. The molecule has 0 bridgehead atoms. The molecule has 2 aliphatic carbocycles. The van der Waals surface area contributed by atoms with Crippen LogP contribution in [-0.2, 0) is 29.3 Å². The summed E-state index contributed by atoms with van der Waals surface area (Å²) in [6.07, 6.45) is 0.282. The first-order chi connectivity index (χ1) is 22.1. The molecule has 6 nitrogen and oxygen atoms in total. The average Bonchev–Trinajstić information content (AvgIpc) is 3.01. The molecular formula is C38H39Cl2FO6. The summed E-state index contributed by atoms with van der Waals surface area (Å²) in [5.74, 6) is -5.75. The van der Waals surface area contributed by atoms with Crippen molar-refractivity contribution >= 4 is 46.5 Å². The molecule has 47 heavy (non-hydrogen) atoms. The smallest absolute Gasteiger partial charge is 0.349 e. The fourth-order valence-electron chi connectivity index (χ4n) is 8.21. The van der Waals surface area contributed by atoms with Gasteiger partial charge in [0.25, 0.3) is 0 Å². The SMILES string of the molecule is CCC1C(=O)CC(c2cc(Cl)ccc2OC(C)(C)C(=O)OC)C2(C(=O)C(C(C)=O)C(C)c3cc(Cl)ccc32)C1c1cc(F)ccc1C. The Bertz CT molecular complexity index is 1780. The second-order valence-corrected chi connectivity index (χ2v) is 14.2. The predicted octanol–water partition coefficient (Wildman–Crippen LogP) is 8.47. The molecule has 5 rings (SSSR count). The van der Waals surface area contributed by atoms with E-state index in [1.807, 2.05) is 26.8 Å². The first-order valence-electron chi connectivity index (χ1n) is 15.8. The summed E-state index contributed by atoms with van der Waals surface area (Å²) in [5, 5.41) is 0.751. The van der Waals surface area contributed by atoms with Crippen LogP contribution >= 0.6 is 23.2 Å². The molecule has 1 fully saturated rings. The zero-order valence-electron chi connectivity index (χ0n) is 27.6. The van der Waals surface area contributed by atoms with E-state index in [1.54, 1.807) is 50.2 Å². The van der Waals surface area contributed by atoms with Crippen molar-refractivity contribution in [3.8, 4) is 5.75 Å². The van der Waals surface area contributed by atoms with Crippen LogP contribution < -0.4 is 4.74 Å². The van der Waals surface area contributed by atoms with Crippen molar-refractivity contribution in [2.24, 2.45) is 11.8 Å². The number of aryl methyl sites for hydroxylation is 1. The van der Waals surface area contributed by atoms with Gasteiger partial charge in [-0.2, -0.15) is 0 Å². The Morgan fingerprint density at radius 3 is 2.23 bits per heavy atom. The Kier molecular flexibility index (Phi) is 9.48. The Labute approximate surface area is 284 Å². The number of Topliss-reactive ketones (excluding diaryl/α,β-unsaturated/α-hetero) is 3. The number of ketones is 3. The van der Waals surface area contributed by atoms with Gasteiger partial charge in [-0.3, -0.25) is 14.4 Å². The number of hydrogen-bond acceptors (Lipinski definition) is 6. The van der Waals surface area contributed by atoms with E-state index in [0.29, 0.717) is 44.3 Å². The van der Waals surface area contributed by atoms with Gasteiger partial charge < -0.3 is 9.47 Å². The number of carbonyl (C=O) groups is 4. The summed E-state index contributed by atoms with van der Waals surface area (Å²) >= 11 is 13.2. The lowest BCUT2D eigenvalue weighted by Gasteiger charge is -2.56. The third-order valence-electron chi connectivity index (χ3n) is 10.2. The summed E-state index contributed by atoms with van der Waals surface area (Å²) < 4.78 is 26.5. The van der Waals surface area contributed by atoms with Crippen molar-refractivity contribution in [3.63, 3.8) is 0 Å². The molecule has 2 aliphatic rings. The fraction of sp³-hybridized carbons (Fsp3) is 0.421. The van der Waals surface area contributed by atoms with Gasteiger partial charge in [-0.25, -0.2) is 9.18 Å². The zero-order chi connectivity index (χ0) is 34.6. The molecule has 0 radical (unpaired) electrons. The maximum absolute atomic E-state index is 15.6. The van der Waals surface area contributed by atoms with Gasteiger partial charge in [-0.15, -0.1) is 0 Å². The highest BCUT2D eigenvalue weighted by Crippen LogP contribution is 2.64. The standard InChI is InChI=1S/C38H39Cl2FO6/c1-8-25-31(43)18-30(28-16-23(40)11-14-32(28)47-37(5,6)36(45)46-7)38(34(25)26-17-24(41)12-9-19(26)2)29-13-10-22(39)15-27(29)20(3)33(21(4)42)35(38)44/h9-17,20,25,30,33-34H,8,18H2,1-7H3. The summed E-state index contributed by atoms with van der Waals surface area (Å²) in [5.41, 5.74) is -0.0360. The molecule has 0 N–H and O–H groups in total. The van der Waals surface area contributed by atoms with Gasteiger partial charge >= 0.3 is 5.97 Å². The van der Waals surface area contributed by atoms with Gasteiger partial charge in [0.1, 0.15) is 23.1 Å². The van der Waals surface area contributed by atoms with Crippen molar-refractivity contribution < 1.29 is 33.0 Å². The highest BCUT2D eigenvalue weighted by Gasteiger charge is 2.65. The van der Waals surface area contributed by atoms with Crippen LogP contribution in [0.15, 0.2) is 54.6 Å². The zero-order valence-corrected chi connectivity index (χ0v) is 29.1. The average molecular weight is 682 g/mol. The third-order valence-corrected chi connectivity index (χ3v) is 10.7. The van der Waals surface area contributed by atoms with E-state index in [-0.39, 0.29) is 29.5 Å². The van der Waals surface area contributed by atoms with Gasteiger partial charge in [-0.1, -0.05) is 49.2 Å². The third kappa shape index (κ3) is 5.69. The first kappa shape index (κ1) is 34.8. The van der Waals surface area contributed by atoms with E-state index in [9.17, 15) is 14.4 Å². The van der Waals surface area contributed by atoms with E-state index in [0.717, 1.165) is 0 Å². The van der Waals surface area contributed by atoms with Crippen molar-refractivity contribution in [2.75, 3.05) is 7.11 Å². The molecule has 0 aliphatic heterocycles. The Morgan fingerprint density at radius 1 is 0.979 bits per heavy atom. The number of methoxy groups -OCH3 is 1. The highest BCUT2D eigenvalue weighted by atomic mass is 35.5. The largest absolute Gasteiger partial charge is 0.476 e. The van der Waals surface area contributed by atoms with Crippen LogP contribution in [0.4, 0.5) is 4.39 Å². The lowest BCUT2D eigenvalue weighted by molar-refractivity contribution is -0.156. The molecule has 3 aromatic rings. The lowest BCUT2D eigenvalue weighted by atomic mass is 9.43. The minimum absolute atomic E-state index is 0.0917. The van der Waals surface area contributed by atoms with Crippen LogP contribution in [0.1, 0.15) is 93.0 Å². The quantitative estimate of drug-likeness (QED) is 0.184. The van der Waals surface area contributed by atoms with Crippen LogP contribution in [0.25, 0.3) is 0 Å². The van der Waals surface area contributed by atoms with Gasteiger partial charge in [-0.05, 0) is 105 Å². The van der Waals surface area contributed by atoms with E-state index in [4.69, 9.17) is 32.7 Å². The van der Waals surface area contributed by atoms with Gasteiger partial charge in [0.05, 0.1) is 18.4 Å². The van der Waals surface area contributed by atoms with Crippen LogP contribution in [0.5, 0.6) is 5.75 Å². The molecule has 6 atom stereocenters. The summed E-state index contributed by atoms with van der Waals surface area (Å²) in [7, 11) is 1.26. The number of carbonyl (C=O) groups excluding carboxylic acids is 4. The summed E-state index contributed by atoms with van der Waals surface area (Å²) in [6.45, 7) is 10.1. The topological polar surface area (TPSA) is 86.7 Å². The fourth-order valence-corrected chi connectivity index (χ4v) is 8.57. The number of halogens is 3. The molecule has 1 spiro atoms. The van der Waals surface area contributed by atoms with Crippen LogP contribution in [-0.4, -0.2) is 36.0 Å². The van der Waals surface area contributed by atoms with Crippen molar-refractivity contribution in [2.45, 2.75) is 83.2 Å². The van der Waals surface area contributed by atoms with Crippen LogP contribution in [0, 0.1) is 24.6 Å². The Balaban J connectivity index is 1.97. The normalized spacial score (nSPS) is 25.8. The van der Waals surface area contributed by atoms with E-state index in [1.165, 1.54) is 26.2 Å². The molecule has 1 saturated carbocycles. The van der Waals surface area contributed by atoms with Crippen LogP contribution in [0.2, 0.25) is 10.0 Å². The van der Waals surface area contributed by atoms with Crippen molar-refractivity contribution in [1.29, 1.82) is 0 Å². The molecule has 6 unspecified atom stereocenters. The minimum Gasteiger partial charge on any atom is -0.476 e. The summed E-state index contributed by atoms with van der Waals surface area (Å²) in [4.78, 5) is 56.2. The molecule has 9 heteroatoms. The minimum atomic E-state index is -1.56. The number of fused-ring (bicyclic) bond motifs is 2. The maximum Gasteiger partial charge on any atom is 0.349 e. The number of hydrogen-bond donors (Lipinski definition) is 0. The number of esters is 1. The van der Waals surface area contributed by atoms with Crippen LogP contribution in [0.3, 0.4) is 0 Å². The molecular weight excluding hydrogens is 642 g/mol. The molecule has 0 heterocycles. The van der Waals surface area contributed by atoms with Gasteiger partial charge in [0.2, 0.25) is 0 Å².